The second-order valence-electron chi connectivity index (χ2n) is 7.68. The molecule has 0 spiro atoms. The number of hydrogen-bond donors (Lipinski definition) is 1. The number of amidine groups is 1. The number of halogens is 4. The fraction of sp³-hybridized carbons (Fsp3) is 0.160. The lowest BCUT2D eigenvalue weighted by Crippen LogP contribution is -2.14. The second-order valence-corrected chi connectivity index (χ2v) is 7.68. The van der Waals surface area contributed by atoms with Gasteiger partial charge in [-0.05, 0) is 30.7 Å². The first kappa shape index (κ1) is 21.1. The molecule has 5 rings (SSSR count). The molecule has 3 aromatic carbocycles. The van der Waals surface area contributed by atoms with Gasteiger partial charge in [-0.15, -0.1) is 0 Å². The first-order chi connectivity index (χ1) is 15.9. The van der Waals surface area contributed by atoms with Gasteiger partial charge in [-0.25, -0.2) is 14.4 Å². The molecule has 0 radical (unpaired) electrons. The van der Waals surface area contributed by atoms with Gasteiger partial charge in [-0.1, -0.05) is 49.4 Å². The topological polar surface area (TPSA) is 50.2 Å². The molecule has 1 atom stereocenters. The number of rotatable bonds is 3. The van der Waals surface area contributed by atoms with Crippen molar-refractivity contribution in [2.75, 3.05) is 5.32 Å². The molecule has 0 aliphatic carbocycles. The van der Waals surface area contributed by atoms with Crippen LogP contribution in [0.2, 0.25) is 0 Å². The van der Waals surface area contributed by atoms with Crippen molar-refractivity contribution in [1.82, 2.24) is 9.97 Å². The van der Waals surface area contributed by atoms with E-state index < -0.39 is 11.7 Å². The molecular formula is C25H18F4N4. The smallest absolute Gasteiger partial charge is 0.324 e. The summed E-state index contributed by atoms with van der Waals surface area (Å²) < 4.78 is 55.4. The van der Waals surface area contributed by atoms with Crippen molar-refractivity contribution >= 4 is 22.6 Å². The number of fused-ring (bicyclic) bond motifs is 2. The van der Waals surface area contributed by atoms with Gasteiger partial charge in [0.1, 0.15) is 17.5 Å². The molecule has 0 saturated heterocycles. The molecule has 4 nitrogen and oxygen atoms in total. The predicted molar refractivity (Wildman–Crippen MR) is 120 cm³/mol. The van der Waals surface area contributed by atoms with E-state index in [1.54, 1.807) is 36.4 Å². The van der Waals surface area contributed by atoms with E-state index in [9.17, 15) is 17.6 Å². The molecule has 0 saturated carbocycles. The minimum Gasteiger partial charge on any atom is -0.324 e. The van der Waals surface area contributed by atoms with Crippen LogP contribution in [-0.2, 0) is 6.18 Å². The molecule has 33 heavy (non-hydrogen) atoms. The third kappa shape index (κ3) is 3.71. The van der Waals surface area contributed by atoms with Crippen LogP contribution in [0.5, 0.6) is 0 Å². The lowest BCUT2D eigenvalue weighted by Gasteiger charge is -2.15. The normalized spacial score (nSPS) is 15.4. The molecule has 1 aromatic heterocycles. The van der Waals surface area contributed by atoms with Gasteiger partial charge in [0.25, 0.3) is 0 Å². The van der Waals surface area contributed by atoms with E-state index in [4.69, 9.17) is 0 Å². The molecule has 0 fully saturated rings. The lowest BCUT2D eigenvalue weighted by atomic mass is 10.0. The Hall–Kier alpha value is -3.81. The zero-order valence-corrected chi connectivity index (χ0v) is 17.5. The van der Waals surface area contributed by atoms with Crippen LogP contribution in [0.15, 0.2) is 71.7 Å². The van der Waals surface area contributed by atoms with E-state index >= 15 is 0 Å². The Morgan fingerprint density at radius 3 is 2.39 bits per heavy atom. The maximum atomic E-state index is 14.5. The standard InChI is InChI=1S/C25H18F4N4/c1-2-19-21-16(10-7-12-18(21)26)24(30-19)33-23-15-9-4-6-13-20(15)31-22(32-23)14-8-3-5-11-17(14)25(27,28)29/h3-13,19H,2H2,1H3,(H,30,31,32,33). The fourth-order valence-electron chi connectivity index (χ4n) is 4.10. The first-order valence-electron chi connectivity index (χ1n) is 10.4. The molecule has 0 bridgehead atoms. The van der Waals surface area contributed by atoms with E-state index in [2.05, 4.69) is 20.3 Å². The van der Waals surface area contributed by atoms with Gasteiger partial charge in [0.2, 0.25) is 0 Å². The van der Waals surface area contributed by atoms with Crippen LogP contribution in [0.25, 0.3) is 22.3 Å². The number of alkyl halides is 3. The van der Waals surface area contributed by atoms with E-state index in [0.29, 0.717) is 40.1 Å². The molecule has 8 heteroatoms. The van der Waals surface area contributed by atoms with Crippen LogP contribution in [0, 0.1) is 5.82 Å². The highest BCUT2D eigenvalue weighted by Gasteiger charge is 2.34. The van der Waals surface area contributed by atoms with Gasteiger partial charge < -0.3 is 5.32 Å². The SMILES string of the molecule is CCC1N=C(Nc2nc(-c3ccccc3C(F)(F)F)nc3ccccc23)c2cccc(F)c21. The minimum absolute atomic E-state index is 0.0609. The summed E-state index contributed by atoms with van der Waals surface area (Å²) in [4.78, 5) is 13.5. The Morgan fingerprint density at radius 1 is 0.879 bits per heavy atom. The number of aromatic nitrogens is 2. The van der Waals surface area contributed by atoms with Gasteiger partial charge in [0.15, 0.2) is 5.82 Å². The zero-order valence-electron chi connectivity index (χ0n) is 17.5. The van der Waals surface area contributed by atoms with Crippen molar-refractivity contribution in [3.8, 4) is 11.4 Å². The predicted octanol–water partition coefficient (Wildman–Crippen LogP) is 6.78. The van der Waals surface area contributed by atoms with Crippen LogP contribution in [0.4, 0.5) is 23.4 Å². The highest BCUT2D eigenvalue weighted by molar-refractivity contribution is 6.13. The Morgan fingerprint density at radius 2 is 1.61 bits per heavy atom. The van der Waals surface area contributed by atoms with Gasteiger partial charge >= 0.3 is 6.18 Å². The Balaban J connectivity index is 1.67. The van der Waals surface area contributed by atoms with E-state index in [1.165, 1.54) is 24.3 Å². The molecule has 166 valence electrons. The van der Waals surface area contributed by atoms with Crippen molar-refractivity contribution in [2.45, 2.75) is 25.6 Å². The quantitative estimate of drug-likeness (QED) is 0.350. The van der Waals surface area contributed by atoms with E-state index in [1.807, 2.05) is 6.92 Å². The molecule has 0 amide bonds. The van der Waals surface area contributed by atoms with E-state index in [-0.39, 0.29) is 23.2 Å². The summed E-state index contributed by atoms with van der Waals surface area (Å²) in [5.41, 5.74) is 0.658. The largest absolute Gasteiger partial charge is 0.417 e. The van der Waals surface area contributed by atoms with Crippen LogP contribution in [0.1, 0.15) is 36.1 Å². The Labute approximate surface area is 187 Å². The summed E-state index contributed by atoms with van der Waals surface area (Å²) >= 11 is 0. The third-order valence-electron chi connectivity index (χ3n) is 5.63. The maximum absolute atomic E-state index is 14.5. The van der Waals surface area contributed by atoms with Crippen molar-refractivity contribution in [3.05, 3.63) is 89.2 Å². The van der Waals surface area contributed by atoms with Crippen molar-refractivity contribution in [2.24, 2.45) is 4.99 Å². The number of benzene rings is 3. The Bertz CT molecular complexity index is 1400. The number of hydrogen-bond acceptors (Lipinski definition) is 4. The van der Waals surface area contributed by atoms with Gasteiger partial charge in [0.05, 0.1) is 17.1 Å². The van der Waals surface area contributed by atoms with Crippen molar-refractivity contribution < 1.29 is 17.6 Å². The molecular weight excluding hydrogens is 432 g/mol. The third-order valence-corrected chi connectivity index (χ3v) is 5.63. The second kappa shape index (κ2) is 7.95. The molecule has 2 heterocycles. The minimum atomic E-state index is -4.56. The molecule has 1 aliphatic rings. The fourth-order valence-corrected chi connectivity index (χ4v) is 4.10. The Kier molecular flexibility index (Phi) is 5.08. The maximum Gasteiger partial charge on any atom is 0.417 e. The zero-order chi connectivity index (χ0) is 23.2. The molecule has 4 aromatic rings. The van der Waals surface area contributed by atoms with Gasteiger partial charge in [0, 0.05) is 22.1 Å². The first-order valence-corrected chi connectivity index (χ1v) is 10.4. The lowest BCUT2D eigenvalue weighted by molar-refractivity contribution is -0.137. The highest BCUT2D eigenvalue weighted by atomic mass is 19.4. The number of nitrogens with one attached hydrogen (secondary N) is 1. The number of anilines is 1. The average molecular weight is 450 g/mol. The number of para-hydroxylation sites is 1. The van der Waals surface area contributed by atoms with Crippen LogP contribution < -0.4 is 5.32 Å². The summed E-state index contributed by atoms with van der Waals surface area (Å²) in [7, 11) is 0. The summed E-state index contributed by atoms with van der Waals surface area (Å²) in [5, 5.41) is 3.77. The summed E-state index contributed by atoms with van der Waals surface area (Å²) in [5.74, 6) is 0.329. The van der Waals surface area contributed by atoms with Crippen molar-refractivity contribution in [3.63, 3.8) is 0 Å². The van der Waals surface area contributed by atoms with Crippen LogP contribution in [-0.4, -0.2) is 15.8 Å². The molecule has 1 aliphatic heterocycles. The number of aliphatic imine (C=N–C) groups is 1. The average Bonchev–Trinajstić information content (AvgIpc) is 3.17. The van der Waals surface area contributed by atoms with E-state index in [0.717, 1.165) is 6.07 Å². The molecule has 1 N–H and O–H groups in total. The highest BCUT2D eigenvalue weighted by Crippen LogP contribution is 2.38. The molecule has 1 unspecified atom stereocenters. The van der Waals surface area contributed by atoms with Gasteiger partial charge in [-0.2, -0.15) is 13.2 Å². The van der Waals surface area contributed by atoms with Gasteiger partial charge in [-0.3, -0.25) is 4.99 Å². The summed E-state index contributed by atoms with van der Waals surface area (Å²) in [6, 6.07) is 16.6. The summed E-state index contributed by atoms with van der Waals surface area (Å²) in [6.45, 7) is 1.92. The van der Waals surface area contributed by atoms with Crippen LogP contribution in [0.3, 0.4) is 0 Å². The summed E-state index contributed by atoms with van der Waals surface area (Å²) in [6.07, 6.45) is -3.95. The monoisotopic (exact) mass is 450 g/mol. The van der Waals surface area contributed by atoms with Crippen LogP contribution >= 0.6 is 0 Å². The number of nitrogens with zero attached hydrogens (tertiary/aromatic N) is 3. The van der Waals surface area contributed by atoms with Crippen molar-refractivity contribution in [1.29, 1.82) is 0 Å².